The van der Waals surface area contributed by atoms with E-state index in [1.807, 2.05) is 13.8 Å². The summed E-state index contributed by atoms with van der Waals surface area (Å²) in [6, 6.07) is 6.28. The number of hydrogen-bond donors (Lipinski definition) is 1. The molecule has 0 spiro atoms. The summed E-state index contributed by atoms with van der Waals surface area (Å²) in [5.41, 5.74) is 1.84. The predicted octanol–water partition coefficient (Wildman–Crippen LogP) is 3.82. The molecule has 5 rings (SSSR count). The van der Waals surface area contributed by atoms with E-state index in [0.717, 1.165) is 43.1 Å². The zero-order valence-electron chi connectivity index (χ0n) is 16.9. The molecule has 7 nitrogen and oxygen atoms in total. The van der Waals surface area contributed by atoms with E-state index >= 15 is 0 Å². The fourth-order valence-corrected chi connectivity index (χ4v) is 3.61. The average Bonchev–Trinajstić information content (AvgIpc) is 3.34. The van der Waals surface area contributed by atoms with E-state index in [1.54, 1.807) is 18.2 Å². The Kier molecular flexibility index (Phi) is 4.30. The highest BCUT2D eigenvalue weighted by Crippen LogP contribution is 2.40. The maximum atomic E-state index is 14.2. The molecule has 1 aliphatic heterocycles. The van der Waals surface area contributed by atoms with Crippen LogP contribution in [0.1, 0.15) is 48.4 Å². The minimum Gasteiger partial charge on any atom is -0.484 e. The third kappa shape index (κ3) is 3.53. The van der Waals surface area contributed by atoms with Crippen molar-refractivity contribution in [3.05, 3.63) is 65.0 Å². The molecular formula is C22H22FN5O2. The number of anilines is 1. The molecule has 2 aromatic heterocycles. The molecule has 1 fully saturated rings. The van der Waals surface area contributed by atoms with E-state index < -0.39 is 5.82 Å². The number of ether oxygens (including phenoxy) is 1. The maximum Gasteiger partial charge on any atom is 0.191 e. The number of aryl methyl sites for hydroxylation is 1. The van der Waals surface area contributed by atoms with Crippen molar-refractivity contribution in [3.8, 4) is 5.75 Å². The molecule has 8 heteroatoms. The molecule has 0 amide bonds. The fraction of sp³-hybridized carbons (Fsp3) is 0.364. The molecule has 0 atom stereocenters. The van der Waals surface area contributed by atoms with Crippen LogP contribution in [-0.2, 0) is 13.0 Å². The van der Waals surface area contributed by atoms with Gasteiger partial charge >= 0.3 is 0 Å². The van der Waals surface area contributed by atoms with Crippen molar-refractivity contribution in [3.63, 3.8) is 0 Å². The van der Waals surface area contributed by atoms with E-state index in [9.17, 15) is 4.39 Å². The van der Waals surface area contributed by atoms with Crippen LogP contribution in [0.5, 0.6) is 5.75 Å². The Morgan fingerprint density at radius 3 is 2.90 bits per heavy atom. The van der Waals surface area contributed by atoms with Gasteiger partial charge in [-0.25, -0.2) is 19.3 Å². The van der Waals surface area contributed by atoms with Crippen molar-refractivity contribution in [2.24, 2.45) is 0 Å². The van der Waals surface area contributed by atoms with Crippen LogP contribution in [0.4, 0.5) is 10.2 Å². The topological polar surface area (TPSA) is 88.1 Å². The average molecular weight is 407 g/mol. The summed E-state index contributed by atoms with van der Waals surface area (Å²) in [6.45, 7) is 5.15. The van der Waals surface area contributed by atoms with Crippen molar-refractivity contribution < 1.29 is 13.5 Å². The number of nitrogens with zero attached hydrogens (tertiary/aromatic N) is 4. The minimum absolute atomic E-state index is 0.177. The van der Waals surface area contributed by atoms with E-state index in [4.69, 9.17) is 14.6 Å². The van der Waals surface area contributed by atoms with Crippen molar-refractivity contribution >= 4 is 11.5 Å². The van der Waals surface area contributed by atoms with E-state index in [-0.39, 0.29) is 17.1 Å². The number of oxazole rings is 1. The number of nitrogens with one attached hydrogen (secondary N) is 1. The van der Waals surface area contributed by atoms with Crippen LogP contribution in [0.2, 0.25) is 0 Å². The highest BCUT2D eigenvalue weighted by Gasteiger charge is 2.40. The van der Waals surface area contributed by atoms with Gasteiger partial charge in [-0.05, 0) is 38.0 Å². The summed E-state index contributed by atoms with van der Waals surface area (Å²) >= 11 is 0. The minimum atomic E-state index is -0.421. The monoisotopic (exact) mass is 407 g/mol. The summed E-state index contributed by atoms with van der Waals surface area (Å²) in [5, 5.41) is 8.60. The quantitative estimate of drug-likeness (QED) is 0.647. The Morgan fingerprint density at radius 2 is 2.10 bits per heavy atom. The second kappa shape index (κ2) is 6.90. The number of hydrogen-bond acceptors (Lipinski definition) is 7. The van der Waals surface area contributed by atoms with Gasteiger partial charge in [0, 0.05) is 31.5 Å². The van der Waals surface area contributed by atoms with Crippen molar-refractivity contribution in [2.75, 3.05) is 11.4 Å². The van der Waals surface area contributed by atoms with E-state index in [2.05, 4.69) is 19.9 Å². The summed E-state index contributed by atoms with van der Waals surface area (Å²) in [5.74, 6) is 2.07. The molecule has 30 heavy (non-hydrogen) atoms. The van der Waals surface area contributed by atoms with Crippen molar-refractivity contribution in [1.82, 2.24) is 15.0 Å². The van der Waals surface area contributed by atoms with Gasteiger partial charge in [0.2, 0.25) is 0 Å². The molecule has 0 radical (unpaired) electrons. The summed E-state index contributed by atoms with van der Waals surface area (Å²) in [6.07, 6.45) is 4.03. The third-order valence-corrected chi connectivity index (χ3v) is 5.60. The first-order chi connectivity index (χ1) is 14.4. The molecule has 0 saturated heterocycles. The molecular weight excluding hydrogens is 385 g/mol. The molecule has 154 valence electrons. The molecule has 3 heterocycles. The summed E-state index contributed by atoms with van der Waals surface area (Å²) in [7, 11) is 0. The molecule has 0 bridgehead atoms. The smallest absolute Gasteiger partial charge is 0.191 e. The van der Waals surface area contributed by atoms with Gasteiger partial charge in [0.1, 0.15) is 29.2 Å². The Bertz CT molecular complexity index is 1140. The molecule has 2 aliphatic rings. The predicted molar refractivity (Wildman–Crippen MR) is 109 cm³/mol. The van der Waals surface area contributed by atoms with Crippen LogP contribution in [0.15, 0.2) is 35.0 Å². The van der Waals surface area contributed by atoms with Gasteiger partial charge in [-0.3, -0.25) is 5.41 Å². The molecule has 3 aromatic rings. The lowest BCUT2D eigenvalue weighted by Crippen LogP contribution is -2.31. The van der Waals surface area contributed by atoms with Gasteiger partial charge in [-0.15, -0.1) is 0 Å². The fourth-order valence-electron chi connectivity index (χ4n) is 3.61. The number of fused-ring (bicyclic) bond motifs is 1. The molecule has 1 saturated carbocycles. The van der Waals surface area contributed by atoms with Crippen LogP contribution in [0.25, 0.3) is 0 Å². The van der Waals surface area contributed by atoms with Gasteiger partial charge in [-0.1, -0.05) is 0 Å². The highest BCUT2D eigenvalue weighted by molar-refractivity contribution is 6.10. The van der Waals surface area contributed by atoms with Crippen LogP contribution >= 0.6 is 0 Å². The van der Waals surface area contributed by atoms with Gasteiger partial charge in [-0.2, -0.15) is 0 Å². The van der Waals surface area contributed by atoms with Crippen LogP contribution < -0.4 is 9.64 Å². The summed E-state index contributed by atoms with van der Waals surface area (Å²) < 4.78 is 25.6. The van der Waals surface area contributed by atoms with Crippen molar-refractivity contribution in [2.45, 2.75) is 45.3 Å². The third-order valence-electron chi connectivity index (χ3n) is 5.60. The standard InChI is InChI=1S/C22H22FN5O2/c1-13-27-17-11-28(8-5-18(17)29-13)20-10-16(25-12-26-20)21(24)14-3-4-15(23)19(9-14)30-22(2)6-7-22/h3-4,9-10,12,24H,5-8,11H2,1-2H3. The number of benzene rings is 1. The maximum absolute atomic E-state index is 14.2. The normalized spacial score (nSPS) is 16.8. The van der Waals surface area contributed by atoms with Crippen molar-refractivity contribution in [1.29, 1.82) is 5.41 Å². The first kappa shape index (κ1) is 18.7. The lowest BCUT2D eigenvalue weighted by Gasteiger charge is -2.26. The van der Waals surface area contributed by atoms with E-state index in [0.29, 0.717) is 23.7 Å². The second-order valence-corrected chi connectivity index (χ2v) is 8.11. The SMILES string of the molecule is Cc1nc2c(o1)CCN(c1cc(C(=N)c3ccc(F)c(OC4(C)CC4)c3)ncn1)C2. The highest BCUT2D eigenvalue weighted by atomic mass is 19.1. The zero-order valence-corrected chi connectivity index (χ0v) is 16.9. The number of halogens is 1. The van der Waals surface area contributed by atoms with Crippen LogP contribution in [-0.4, -0.2) is 32.8 Å². The molecule has 1 N–H and O–H groups in total. The Hall–Kier alpha value is -3.29. The second-order valence-electron chi connectivity index (χ2n) is 8.11. The number of rotatable bonds is 5. The zero-order chi connectivity index (χ0) is 20.9. The number of aromatic nitrogens is 3. The molecule has 0 unspecified atom stereocenters. The summed E-state index contributed by atoms with van der Waals surface area (Å²) in [4.78, 5) is 15.2. The Balaban J connectivity index is 1.39. The Labute approximate surface area is 173 Å². The lowest BCUT2D eigenvalue weighted by atomic mass is 10.1. The van der Waals surface area contributed by atoms with Crippen LogP contribution in [0.3, 0.4) is 0 Å². The molecule has 1 aliphatic carbocycles. The Morgan fingerprint density at radius 1 is 1.27 bits per heavy atom. The van der Waals surface area contributed by atoms with Gasteiger partial charge in [0.05, 0.1) is 18.0 Å². The van der Waals surface area contributed by atoms with E-state index in [1.165, 1.54) is 12.4 Å². The first-order valence-electron chi connectivity index (χ1n) is 10.0. The van der Waals surface area contributed by atoms with Gasteiger partial charge < -0.3 is 14.1 Å². The van der Waals surface area contributed by atoms with Crippen LogP contribution in [0, 0.1) is 18.2 Å². The lowest BCUT2D eigenvalue weighted by molar-refractivity contribution is 0.191. The van der Waals surface area contributed by atoms with Gasteiger partial charge in [0.25, 0.3) is 0 Å². The van der Waals surface area contributed by atoms with Gasteiger partial charge in [0.15, 0.2) is 17.5 Å². The molecule has 1 aromatic carbocycles. The largest absolute Gasteiger partial charge is 0.484 e. The first-order valence-corrected chi connectivity index (χ1v) is 10.0.